The predicted molar refractivity (Wildman–Crippen MR) is 90.5 cm³/mol. The number of ether oxygens (including phenoxy) is 1. The molecule has 0 aromatic rings. The Kier molecular flexibility index (Phi) is 3.53. The van der Waals surface area contributed by atoms with Crippen LogP contribution in [0.4, 0.5) is 0 Å². The number of rotatable bonds is 3. The number of aliphatic carboxylic acids is 1. The largest absolute Gasteiger partial charge is 0.481 e. The van der Waals surface area contributed by atoms with E-state index in [0.717, 1.165) is 31.4 Å². The molecule has 1 aliphatic carbocycles. The second-order valence-electron chi connectivity index (χ2n) is 7.53. The zero-order chi connectivity index (χ0) is 16.9. The molecule has 130 valence electrons. The lowest BCUT2D eigenvalue weighted by molar-refractivity contribution is -0.152. The summed E-state index contributed by atoms with van der Waals surface area (Å²) in [6.45, 7) is 1.75. The van der Waals surface area contributed by atoms with Crippen LogP contribution in [0.5, 0.6) is 0 Å². The molecule has 4 aliphatic rings. The van der Waals surface area contributed by atoms with Gasteiger partial charge >= 0.3 is 5.97 Å². The number of nitrogens with one attached hydrogen (secondary N) is 1. The molecule has 3 heterocycles. The molecule has 5 nitrogen and oxygen atoms in total. The van der Waals surface area contributed by atoms with E-state index in [1.54, 1.807) is 6.92 Å². The van der Waals surface area contributed by atoms with Gasteiger partial charge in [-0.15, -0.1) is 0 Å². The average molecular weight is 330 g/mol. The van der Waals surface area contributed by atoms with Crippen molar-refractivity contribution in [3.8, 4) is 0 Å². The van der Waals surface area contributed by atoms with Gasteiger partial charge in [-0.1, -0.05) is 12.5 Å². The van der Waals surface area contributed by atoms with Gasteiger partial charge in [-0.2, -0.15) is 0 Å². The van der Waals surface area contributed by atoms with Gasteiger partial charge in [-0.05, 0) is 51.6 Å². The third-order valence-corrected chi connectivity index (χ3v) is 6.37. The van der Waals surface area contributed by atoms with Crippen LogP contribution < -0.4 is 5.32 Å². The van der Waals surface area contributed by atoms with E-state index in [9.17, 15) is 9.90 Å². The van der Waals surface area contributed by atoms with Crippen LogP contribution in [0.25, 0.3) is 0 Å². The minimum absolute atomic E-state index is 0.109. The SMILES string of the molecule is CNC1(C(C)C(=O)O)CC23CCCCC2=CN2C=CCCC2=C3O1. The molecule has 3 atom stereocenters. The van der Waals surface area contributed by atoms with E-state index in [1.807, 2.05) is 7.05 Å². The van der Waals surface area contributed by atoms with Gasteiger partial charge in [0.05, 0.1) is 11.1 Å². The number of nitrogens with zero attached hydrogens (tertiary/aromatic N) is 1. The summed E-state index contributed by atoms with van der Waals surface area (Å²) in [5.74, 6) is -0.385. The topological polar surface area (TPSA) is 61.8 Å². The first-order chi connectivity index (χ1) is 11.5. The van der Waals surface area contributed by atoms with Gasteiger partial charge in [-0.25, -0.2) is 0 Å². The number of carbonyl (C=O) groups is 1. The highest BCUT2D eigenvalue weighted by Gasteiger charge is 2.61. The fourth-order valence-electron chi connectivity index (χ4n) is 4.91. The fraction of sp³-hybridized carbons (Fsp3) is 0.632. The van der Waals surface area contributed by atoms with Gasteiger partial charge in [0.2, 0.25) is 0 Å². The van der Waals surface area contributed by atoms with E-state index in [4.69, 9.17) is 4.74 Å². The first-order valence-corrected chi connectivity index (χ1v) is 9.03. The normalized spacial score (nSPS) is 35.6. The smallest absolute Gasteiger partial charge is 0.311 e. The minimum Gasteiger partial charge on any atom is -0.481 e. The summed E-state index contributed by atoms with van der Waals surface area (Å²) in [7, 11) is 1.82. The van der Waals surface area contributed by atoms with Gasteiger partial charge in [0.25, 0.3) is 0 Å². The zero-order valence-electron chi connectivity index (χ0n) is 14.5. The average Bonchev–Trinajstić information content (AvgIpc) is 2.95. The van der Waals surface area contributed by atoms with Gasteiger partial charge in [0.15, 0.2) is 5.72 Å². The lowest BCUT2D eigenvalue weighted by Crippen LogP contribution is -2.51. The summed E-state index contributed by atoms with van der Waals surface area (Å²) in [4.78, 5) is 13.9. The Morgan fingerprint density at radius 1 is 1.42 bits per heavy atom. The zero-order valence-corrected chi connectivity index (χ0v) is 14.5. The third kappa shape index (κ3) is 2.00. The predicted octanol–water partition coefficient (Wildman–Crippen LogP) is 3.32. The summed E-state index contributed by atoms with van der Waals surface area (Å²) < 4.78 is 6.53. The lowest BCUT2D eigenvalue weighted by Gasteiger charge is -2.43. The van der Waals surface area contributed by atoms with Gasteiger partial charge in [-0.3, -0.25) is 10.1 Å². The molecule has 3 unspecified atom stereocenters. The Morgan fingerprint density at radius 3 is 3.00 bits per heavy atom. The maximum atomic E-state index is 11.7. The molecule has 0 radical (unpaired) electrons. The van der Waals surface area contributed by atoms with E-state index >= 15 is 0 Å². The summed E-state index contributed by atoms with van der Waals surface area (Å²) in [5, 5.41) is 12.9. The van der Waals surface area contributed by atoms with Crippen molar-refractivity contribution >= 4 is 5.97 Å². The van der Waals surface area contributed by atoms with Crippen LogP contribution in [-0.4, -0.2) is 28.7 Å². The highest BCUT2D eigenvalue weighted by atomic mass is 16.5. The van der Waals surface area contributed by atoms with Crippen LogP contribution in [-0.2, 0) is 9.53 Å². The van der Waals surface area contributed by atoms with E-state index < -0.39 is 17.6 Å². The molecule has 0 aromatic heterocycles. The molecule has 1 saturated carbocycles. The monoisotopic (exact) mass is 330 g/mol. The standard InChI is InChI=1S/C19H26N2O3/c1-13(17(22)23)19(20-2)12-18-9-5-3-7-14(18)11-21-10-6-4-8-15(21)16(18)24-19/h6,10-11,13,20H,3-5,7-9,12H2,1-2H3,(H,22,23). The second kappa shape index (κ2) is 5.38. The van der Waals surface area contributed by atoms with Crippen LogP contribution >= 0.6 is 0 Å². The Labute approximate surface area is 143 Å². The van der Waals surface area contributed by atoms with Crippen LogP contribution in [0.3, 0.4) is 0 Å². The maximum absolute atomic E-state index is 11.7. The highest BCUT2D eigenvalue weighted by Crippen LogP contribution is 2.62. The molecule has 2 fully saturated rings. The Balaban J connectivity index is 1.85. The first-order valence-electron chi connectivity index (χ1n) is 9.03. The quantitative estimate of drug-likeness (QED) is 0.831. The van der Waals surface area contributed by atoms with Crippen molar-refractivity contribution in [2.45, 2.75) is 57.6 Å². The Bertz CT molecular complexity index is 666. The first kappa shape index (κ1) is 15.8. The molecule has 2 N–H and O–H groups in total. The number of fused-ring (bicyclic) bond motifs is 1. The molecule has 0 aromatic carbocycles. The van der Waals surface area contributed by atoms with Crippen molar-refractivity contribution in [1.29, 1.82) is 0 Å². The minimum atomic E-state index is -0.832. The van der Waals surface area contributed by atoms with Crippen LogP contribution in [0.1, 0.15) is 51.9 Å². The van der Waals surface area contributed by atoms with Crippen LogP contribution in [0.15, 0.2) is 35.5 Å². The van der Waals surface area contributed by atoms with E-state index in [-0.39, 0.29) is 5.41 Å². The molecule has 0 amide bonds. The lowest BCUT2D eigenvalue weighted by atomic mass is 9.64. The van der Waals surface area contributed by atoms with Crippen molar-refractivity contribution in [1.82, 2.24) is 10.2 Å². The number of carboxylic acid groups (broad SMARTS) is 1. The summed E-state index contributed by atoms with van der Waals surface area (Å²) in [6, 6.07) is 0. The third-order valence-electron chi connectivity index (χ3n) is 6.37. The number of carboxylic acids is 1. The summed E-state index contributed by atoms with van der Waals surface area (Å²) in [6.07, 6.45) is 13.8. The maximum Gasteiger partial charge on any atom is 0.311 e. The Hall–Kier alpha value is -1.75. The van der Waals surface area contributed by atoms with Gasteiger partial charge in [0.1, 0.15) is 11.7 Å². The van der Waals surface area contributed by atoms with Crippen molar-refractivity contribution in [2.75, 3.05) is 7.05 Å². The molecular formula is C19H26N2O3. The second-order valence-corrected chi connectivity index (χ2v) is 7.53. The molecule has 1 saturated heterocycles. The molecule has 5 heteroatoms. The number of hydrogen-bond acceptors (Lipinski definition) is 4. The molecule has 24 heavy (non-hydrogen) atoms. The van der Waals surface area contributed by atoms with Gasteiger partial charge in [0, 0.05) is 18.8 Å². The molecular weight excluding hydrogens is 304 g/mol. The highest BCUT2D eigenvalue weighted by molar-refractivity contribution is 5.71. The molecule has 3 aliphatic heterocycles. The van der Waals surface area contributed by atoms with Crippen molar-refractivity contribution in [2.24, 2.45) is 11.3 Å². The molecule has 1 spiro atoms. The van der Waals surface area contributed by atoms with E-state index in [2.05, 4.69) is 28.7 Å². The van der Waals surface area contributed by atoms with Crippen molar-refractivity contribution in [3.63, 3.8) is 0 Å². The Morgan fingerprint density at radius 2 is 2.25 bits per heavy atom. The van der Waals surface area contributed by atoms with Crippen molar-refractivity contribution < 1.29 is 14.6 Å². The fourth-order valence-corrected chi connectivity index (χ4v) is 4.91. The van der Waals surface area contributed by atoms with E-state index in [0.29, 0.717) is 6.42 Å². The van der Waals surface area contributed by atoms with Crippen LogP contribution in [0.2, 0.25) is 0 Å². The number of hydrogen-bond donors (Lipinski definition) is 2. The summed E-state index contributed by atoms with van der Waals surface area (Å²) >= 11 is 0. The van der Waals surface area contributed by atoms with Crippen LogP contribution in [0, 0.1) is 11.3 Å². The van der Waals surface area contributed by atoms with Crippen molar-refractivity contribution in [3.05, 3.63) is 35.5 Å². The number of allylic oxidation sites excluding steroid dienone is 3. The summed E-state index contributed by atoms with van der Waals surface area (Å²) in [5.41, 5.74) is 1.69. The molecule has 0 bridgehead atoms. The van der Waals surface area contributed by atoms with Gasteiger partial charge < -0.3 is 14.7 Å². The van der Waals surface area contributed by atoms with E-state index in [1.165, 1.54) is 24.1 Å². The molecule has 4 rings (SSSR count).